The van der Waals surface area contributed by atoms with Gasteiger partial charge in [0.05, 0.1) is 0 Å². The molecule has 1 aliphatic rings. The number of carbonyl (C=O) groups excluding carboxylic acids is 3. The molecule has 0 aromatic heterocycles. The van der Waals surface area contributed by atoms with Crippen molar-refractivity contribution < 1.29 is 29.0 Å². The van der Waals surface area contributed by atoms with Crippen LogP contribution in [-0.2, 0) is 19.8 Å². The van der Waals surface area contributed by atoms with E-state index in [1.54, 1.807) is 55.5 Å². The summed E-state index contributed by atoms with van der Waals surface area (Å²) >= 11 is 0. The molecule has 0 spiro atoms. The van der Waals surface area contributed by atoms with Gasteiger partial charge in [-0.3, -0.25) is 9.59 Å². The fraction of sp³-hybridized carbons (Fsp3) is 0.318. The van der Waals surface area contributed by atoms with Crippen molar-refractivity contribution in [3.63, 3.8) is 0 Å². The Morgan fingerprint density at radius 3 is 2.47 bits per heavy atom. The maximum Gasteiger partial charge on any atom is 0.356 e. The zero-order chi connectivity index (χ0) is 22.1. The molecule has 0 bridgehead atoms. The van der Waals surface area contributed by atoms with Crippen molar-refractivity contribution in [3.05, 3.63) is 54.1 Å². The highest BCUT2D eigenvalue weighted by atomic mass is 16.6. The third-order valence-electron chi connectivity index (χ3n) is 5.71. The fourth-order valence-electron chi connectivity index (χ4n) is 3.75. The highest BCUT2D eigenvalue weighted by molar-refractivity contribution is 5.89. The molecule has 1 saturated heterocycles. The van der Waals surface area contributed by atoms with Crippen molar-refractivity contribution in [1.82, 2.24) is 0 Å². The number of benzene rings is 2. The van der Waals surface area contributed by atoms with E-state index in [0.29, 0.717) is 23.6 Å². The Bertz CT molecular complexity index is 991. The van der Waals surface area contributed by atoms with Gasteiger partial charge >= 0.3 is 5.91 Å². The Morgan fingerprint density at radius 1 is 1.20 bits per heavy atom. The topological polar surface area (TPSA) is 119 Å². The Morgan fingerprint density at radius 2 is 1.87 bits per heavy atom. The predicted octanol–water partition coefficient (Wildman–Crippen LogP) is 2.71. The molecule has 30 heavy (non-hydrogen) atoms. The molecule has 1 fully saturated rings. The molecule has 2 unspecified atom stereocenters. The number of hydroxylamine groups is 3. The molecule has 2 aromatic carbocycles. The zero-order valence-electron chi connectivity index (χ0n) is 17.2. The van der Waals surface area contributed by atoms with E-state index in [4.69, 9.17) is 10.5 Å². The van der Waals surface area contributed by atoms with Crippen LogP contribution in [0.1, 0.15) is 32.8 Å². The number of primary amides is 1. The number of hydrogen-bond donors (Lipinski definition) is 3. The van der Waals surface area contributed by atoms with E-state index in [1.807, 2.05) is 0 Å². The van der Waals surface area contributed by atoms with Gasteiger partial charge in [0, 0.05) is 32.0 Å². The maximum atomic E-state index is 13.0. The number of nitrogens with two attached hydrogens (primary N) is 1. The number of ether oxygens (including phenoxy) is 1. The van der Waals surface area contributed by atoms with Gasteiger partial charge in [-0.15, -0.1) is 4.65 Å². The summed E-state index contributed by atoms with van der Waals surface area (Å²) < 4.78 is 4.85. The number of likely N-dealkylation sites (tertiary alicyclic amines) is 1. The lowest BCUT2D eigenvalue weighted by Crippen LogP contribution is -2.59. The Labute approximate surface area is 174 Å². The molecule has 3 amide bonds. The summed E-state index contributed by atoms with van der Waals surface area (Å²) in [7, 11) is 0. The first kappa shape index (κ1) is 21.5. The van der Waals surface area contributed by atoms with Crippen molar-refractivity contribution in [3.8, 4) is 11.5 Å². The number of anilines is 1. The van der Waals surface area contributed by atoms with Crippen LogP contribution >= 0.6 is 0 Å². The van der Waals surface area contributed by atoms with Gasteiger partial charge in [0.15, 0.2) is 0 Å². The van der Waals surface area contributed by atoms with Crippen LogP contribution in [0.15, 0.2) is 48.5 Å². The lowest BCUT2D eigenvalue weighted by atomic mass is 9.81. The molecule has 1 heterocycles. The molecule has 0 saturated carbocycles. The number of hydrogen-bond acceptors (Lipinski definition) is 5. The summed E-state index contributed by atoms with van der Waals surface area (Å²) in [6.45, 7) is 4.76. The van der Waals surface area contributed by atoms with Crippen LogP contribution in [0.5, 0.6) is 11.5 Å². The van der Waals surface area contributed by atoms with Gasteiger partial charge in [0.2, 0.25) is 11.9 Å². The first-order valence-electron chi connectivity index (χ1n) is 9.67. The van der Waals surface area contributed by atoms with Crippen molar-refractivity contribution in [1.29, 1.82) is 0 Å². The van der Waals surface area contributed by atoms with E-state index in [2.05, 4.69) is 5.32 Å². The van der Waals surface area contributed by atoms with Crippen molar-refractivity contribution >= 4 is 23.4 Å². The Hall–Kier alpha value is -3.23. The highest BCUT2D eigenvalue weighted by Crippen LogP contribution is 2.40. The maximum absolute atomic E-state index is 13.0. The van der Waals surface area contributed by atoms with Gasteiger partial charge in [-0.2, -0.15) is 0 Å². The van der Waals surface area contributed by atoms with Gasteiger partial charge in [-0.1, -0.05) is 18.2 Å². The first-order valence-corrected chi connectivity index (χ1v) is 9.67. The SMILES string of the molecule is CC(=O)Nc1cccc(Oc2ccc(C3(C)CC[N@@+](O)(C(C)C(N)=O)C3=O)cc2)c1. The number of rotatable bonds is 6. The van der Waals surface area contributed by atoms with Crippen LogP contribution in [0.3, 0.4) is 0 Å². The van der Waals surface area contributed by atoms with Gasteiger partial charge in [0.25, 0.3) is 5.91 Å². The van der Waals surface area contributed by atoms with Crippen LogP contribution in [0, 0.1) is 0 Å². The van der Waals surface area contributed by atoms with Crippen LogP contribution in [-0.4, -0.2) is 40.2 Å². The van der Waals surface area contributed by atoms with E-state index in [0.717, 1.165) is 5.56 Å². The second-order valence-electron chi connectivity index (χ2n) is 7.85. The summed E-state index contributed by atoms with van der Waals surface area (Å²) in [6.07, 6.45) is 0.388. The third-order valence-corrected chi connectivity index (χ3v) is 5.71. The van der Waals surface area contributed by atoms with E-state index in [1.165, 1.54) is 13.8 Å². The summed E-state index contributed by atoms with van der Waals surface area (Å²) in [5.41, 5.74) is 5.72. The Balaban J connectivity index is 1.78. The largest absolute Gasteiger partial charge is 0.457 e. The van der Waals surface area contributed by atoms with Gasteiger partial charge in [-0.25, -0.2) is 10.0 Å². The first-order chi connectivity index (χ1) is 14.1. The lowest BCUT2D eigenvalue weighted by molar-refractivity contribution is -1.04. The normalized spacial score (nSPS) is 24.3. The van der Waals surface area contributed by atoms with Crippen LogP contribution < -0.4 is 15.8 Å². The highest BCUT2D eigenvalue weighted by Gasteiger charge is 2.60. The molecule has 1 aliphatic heterocycles. The lowest BCUT2D eigenvalue weighted by Gasteiger charge is -2.29. The Kier molecular flexibility index (Phi) is 5.65. The van der Waals surface area contributed by atoms with Gasteiger partial charge < -0.3 is 15.8 Å². The number of nitrogens with zero attached hydrogens (tertiary/aromatic N) is 1. The molecule has 4 N–H and O–H groups in total. The molecule has 0 aliphatic carbocycles. The molecular formula is C22H26N3O5+. The van der Waals surface area contributed by atoms with E-state index in [-0.39, 0.29) is 12.5 Å². The molecule has 2 aromatic rings. The average molecular weight is 412 g/mol. The van der Waals surface area contributed by atoms with Gasteiger partial charge in [-0.05, 0) is 36.8 Å². The zero-order valence-corrected chi connectivity index (χ0v) is 17.2. The van der Waals surface area contributed by atoms with E-state index in [9.17, 15) is 19.6 Å². The standard InChI is InChI=1S/C22H25N3O5/c1-14(20(23)27)25(29)12-11-22(3,21(25)28)16-7-9-18(10-8-16)30-19-6-4-5-17(13-19)24-15(2)26/h4-10,13-14,29H,11-12H2,1-3H3,(H2-,23,24,26,27)/p+1/t14?,22?,25-/m1/s1. The minimum atomic E-state index is -1.02. The number of nitrogens with one attached hydrogen (secondary N) is 1. The van der Waals surface area contributed by atoms with Crippen LogP contribution in [0.2, 0.25) is 0 Å². The minimum Gasteiger partial charge on any atom is -0.457 e. The van der Waals surface area contributed by atoms with E-state index >= 15 is 0 Å². The molecule has 3 atom stereocenters. The number of amides is 3. The molecular weight excluding hydrogens is 386 g/mol. The summed E-state index contributed by atoms with van der Waals surface area (Å²) in [4.78, 5) is 35.8. The summed E-state index contributed by atoms with van der Waals surface area (Å²) in [5.74, 6) is -0.234. The predicted molar refractivity (Wildman–Crippen MR) is 110 cm³/mol. The van der Waals surface area contributed by atoms with Crippen molar-refractivity contribution in [2.75, 3.05) is 11.9 Å². The average Bonchev–Trinajstić information content (AvgIpc) is 2.94. The molecule has 3 rings (SSSR count). The summed E-state index contributed by atoms with van der Waals surface area (Å²) in [6, 6.07) is 13.0. The quantitative estimate of drug-likeness (QED) is 0.498. The van der Waals surface area contributed by atoms with Crippen molar-refractivity contribution in [2.45, 2.75) is 38.6 Å². The second kappa shape index (κ2) is 7.89. The molecule has 8 heteroatoms. The molecule has 0 radical (unpaired) electrons. The van der Waals surface area contributed by atoms with Crippen LogP contribution in [0.25, 0.3) is 0 Å². The van der Waals surface area contributed by atoms with Gasteiger partial charge in [0.1, 0.15) is 23.5 Å². The third kappa shape index (κ3) is 3.92. The fourth-order valence-corrected chi connectivity index (χ4v) is 3.75. The van der Waals surface area contributed by atoms with E-state index < -0.39 is 27.9 Å². The number of carbonyl (C=O) groups is 3. The minimum absolute atomic E-state index is 0.119. The molecule has 158 valence electrons. The number of quaternary nitrogens is 1. The summed E-state index contributed by atoms with van der Waals surface area (Å²) in [5, 5.41) is 13.5. The van der Waals surface area contributed by atoms with Crippen molar-refractivity contribution in [2.24, 2.45) is 5.73 Å². The monoisotopic (exact) mass is 412 g/mol. The molecule has 8 nitrogen and oxygen atoms in total. The smallest absolute Gasteiger partial charge is 0.356 e. The second-order valence-corrected chi connectivity index (χ2v) is 7.85. The van der Waals surface area contributed by atoms with Crippen LogP contribution in [0.4, 0.5) is 5.69 Å².